The Labute approximate surface area is 120 Å². The van der Waals surface area contributed by atoms with Crippen molar-refractivity contribution in [1.82, 2.24) is 4.90 Å². The molecule has 20 heavy (non-hydrogen) atoms. The maximum atomic E-state index is 11.3. The lowest BCUT2D eigenvalue weighted by Crippen LogP contribution is -2.36. The van der Waals surface area contributed by atoms with Gasteiger partial charge in [0.1, 0.15) is 0 Å². The van der Waals surface area contributed by atoms with Crippen molar-refractivity contribution in [1.29, 1.82) is 0 Å². The smallest absolute Gasteiger partial charge is 0.338 e. The second kappa shape index (κ2) is 7.87. The summed E-state index contributed by atoms with van der Waals surface area (Å²) in [4.78, 5) is 13.5. The van der Waals surface area contributed by atoms with Crippen molar-refractivity contribution < 1.29 is 15.0 Å². The van der Waals surface area contributed by atoms with Gasteiger partial charge in [-0.1, -0.05) is 26.0 Å². The van der Waals surface area contributed by atoms with Crippen molar-refractivity contribution in [2.75, 3.05) is 18.9 Å². The van der Waals surface area contributed by atoms with Crippen LogP contribution in [-0.4, -0.2) is 40.3 Å². The van der Waals surface area contributed by atoms with Crippen molar-refractivity contribution in [2.45, 2.75) is 39.3 Å². The van der Waals surface area contributed by atoms with E-state index in [0.717, 1.165) is 12.8 Å². The quantitative estimate of drug-likeness (QED) is 0.634. The van der Waals surface area contributed by atoms with Crippen LogP contribution in [0.2, 0.25) is 0 Å². The molecule has 0 aromatic heterocycles. The number of aliphatic hydroxyl groups is 1. The van der Waals surface area contributed by atoms with Crippen LogP contribution in [0.15, 0.2) is 18.2 Å². The highest BCUT2D eigenvalue weighted by molar-refractivity contribution is 5.95. The van der Waals surface area contributed by atoms with Crippen LogP contribution < -0.4 is 5.73 Å². The number of nitrogens with zero attached hydrogens (tertiary/aromatic N) is 1. The minimum absolute atomic E-state index is 0.0568. The molecular weight excluding hydrogens is 256 g/mol. The zero-order chi connectivity index (χ0) is 15.1. The lowest BCUT2D eigenvalue weighted by Gasteiger charge is -2.30. The van der Waals surface area contributed by atoms with Gasteiger partial charge in [0.15, 0.2) is 0 Å². The first-order valence-corrected chi connectivity index (χ1v) is 7.00. The molecule has 0 fully saturated rings. The molecule has 0 aliphatic heterocycles. The van der Waals surface area contributed by atoms with E-state index in [1.54, 1.807) is 18.2 Å². The molecule has 5 nitrogen and oxygen atoms in total. The Morgan fingerprint density at radius 3 is 2.50 bits per heavy atom. The fourth-order valence-corrected chi connectivity index (χ4v) is 2.56. The predicted octanol–water partition coefficient (Wildman–Crippen LogP) is 1.95. The van der Waals surface area contributed by atoms with Crippen LogP contribution >= 0.6 is 0 Å². The number of aliphatic hydroxyl groups excluding tert-OH is 1. The van der Waals surface area contributed by atoms with E-state index in [2.05, 4.69) is 18.7 Å². The van der Waals surface area contributed by atoms with Crippen molar-refractivity contribution in [2.24, 2.45) is 0 Å². The van der Waals surface area contributed by atoms with Crippen LogP contribution in [0, 0.1) is 0 Å². The van der Waals surface area contributed by atoms with Crippen LogP contribution in [0.1, 0.15) is 42.6 Å². The van der Waals surface area contributed by atoms with Gasteiger partial charge >= 0.3 is 5.97 Å². The summed E-state index contributed by atoms with van der Waals surface area (Å²) in [6.45, 7) is 5.26. The van der Waals surface area contributed by atoms with E-state index in [4.69, 9.17) is 5.73 Å². The molecule has 0 aliphatic rings. The fourth-order valence-electron chi connectivity index (χ4n) is 2.56. The van der Waals surface area contributed by atoms with Crippen LogP contribution in [0.5, 0.6) is 0 Å². The molecule has 0 radical (unpaired) electrons. The van der Waals surface area contributed by atoms with Gasteiger partial charge in [0.2, 0.25) is 0 Å². The Balaban J connectivity index is 3.05. The molecule has 1 rings (SSSR count). The van der Waals surface area contributed by atoms with Gasteiger partial charge in [-0.15, -0.1) is 0 Å². The third-order valence-electron chi connectivity index (χ3n) is 3.62. The number of carboxylic acids is 1. The van der Waals surface area contributed by atoms with Crippen molar-refractivity contribution in [3.63, 3.8) is 0 Å². The molecule has 1 aromatic rings. The van der Waals surface area contributed by atoms with Gasteiger partial charge in [-0.3, -0.25) is 4.90 Å². The van der Waals surface area contributed by atoms with E-state index < -0.39 is 5.97 Å². The first kappa shape index (κ1) is 16.5. The fraction of sp³-hybridized carbons (Fsp3) is 0.533. The lowest BCUT2D eigenvalue weighted by molar-refractivity contribution is 0.0694. The molecule has 0 amide bonds. The van der Waals surface area contributed by atoms with Gasteiger partial charge in [0, 0.05) is 24.8 Å². The molecule has 0 atom stereocenters. The number of aromatic carboxylic acids is 1. The molecule has 0 saturated carbocycles. The van der Waals surface area contributed by atoms with Gasteiger partial charge in [0.25, 0.3) is 0 Å². The number of hydrogen-bond donors (Lipinski definition) is 3. The van der Waals surface area contributed by atoms with Crippen molar-refractivity contribution >= 4 is 11.7 Å². The molecule has 0 aliphatic carbocycles. The zero-order valence-electron chi connectivity index (χ0n) is 12.2. The number of nitrogens with two attached hydrogens (primary N) is 1. The Kier molecular flexibility index (Phi) is 6.48. The zero-order valence-corrected chi connectivity index (χ0v) is 12.2. The van der Waals surface area contributed by atoms with Gasteiger partial charge in [-0.2, -0.15) is 0 Å². The number of hydrogen-bond acceptors (Lipinski definition) is 4. The summed E-state index contributed by atoms with van der Waals surface area (Å²) in [6, 6.07) is 5.47. The average Bonchev–Trinajstić information content (AvgIpc) is 2.40. The molecule has 0 saturated heterocycles. The number of nitrogen functional groups attached to an aromatic ring is 1. The summed E-state index contributed by atoms with van der Waals surface area (Å²) in [5.41, 5.74) is 6.91. The number of rotatable bonds is 8. The summed E-state index contributed by atoms with van der Waals surface area (Å²) in [5, 5.41) is 18.5. The Morgan fingerprint density at radius 1 is 1.35 bits per heavy atom. The van der Waals surface area contributed by atoms with Gasteiger partial charge in [-0.25, -0.2) is 4.79 Å². The van der Waals surface area contributed by atoms with Crippen molar-refractivity contribution in [3.8, 4) is 0 Å². The Morgan fingerprint density at radius 2 is 2.00 bits per heavy atom. The molecule has 0 spiro atoms. The number of anilines is 1. The molecule has 4 N–H and O–H groups in total. The third-order valence-corrected chi connectivity index (χ3v) is 3.62. The molecular formula is C15H24N2O3. The summed E-state index contributed by atoms with van der Waals surface area (Å²) in [7, 11) is 0. The highest BCUT2D eigenvalue weighted by Crippen LogP contribution is 2.21. The topological polar surface area (TPSA) is 86.8 Å². The maximum absolute atomic E-state index is 11.3. The minimum Gasteiger partial charge on any atom is -0.478 e. The largest absolute Gasteiger partial charge is 0.478 e. The normalized spacial score (nSPS) is 11.2. The highest BCUT2D eigenvalue weighted by atomic mass is 16.4. The van der Waals surface area contributed by atoms with E-state index in [1.807, 2.05) is 0 Å². The van der Waals surface area contributed by atoms with Crippen LogP contribution in [-0.2, 0) is 6.54 Å². The van der Waals surface area contributed by atoms with Gasteiger partial charge < -0.3 is 15.9 Å². The third kappa shape index (κ3) is 3.95. The van der Waals surface area contributed by atoms with Crippen LogP contribution in [0.4, 0.5) is 5.69 Å². The van der Waals surface area contributed by atoms with E-state index >= 15 is 0 Å². The number of carboxylic acid groups (broad SMARTS) is 1. The molecule has 0 unspecified atom stereocenters. The van der Waals surface area contributed by atoms with Gasteiger partial charge in [-0.05, 0) is 24.5 Å². The second-order valence-corrected chi connectivity index (χ2v) is 4.85. The van der Waals surface area contributed by atoms with E-state index in [9.17, 15) is 15.0 Å². The maximum Gasteiger partial charge on any atom is 0.338 e. The first-order valence-electron chi connectivity index (χ1n) is 7.00. The van der Waals surface area contributed by atoms with E-state index in [1.165, 1.54) is 0 Å². The molecule has 5 heteroatoms. The predicted molar refractivity (Wildman–Crippen MR) is 79.7 cm³/mol. The monoisotopic (exact) mass is 280 g/mol. The molecule has 0 heterocycles. The first-order chi connectivity index (χ1) is 9.54. The molecule has 112 valence electrons. The molecule has 1 aromatic carbocycles. The van der Waals surface area contributed by atoms with E-state index in [-0.39, 0.29) is 17.9 Å². The Hall–Kier alpha value is -1.59. The van der Waals surface area contributed by atoms with Crippen molar-refractivity contribution in [3.05, 3.63) is 29.3 Å². The molecule has 0 bridgehead atoms. The lowest BCUT2D eigenvalue weighted by atomic mass is 10.0. The Bertz CT molecular complexity index is 445. The minimum atomic E-state index is -1.01. The van der Waals surface area contributed by atoms with E-state index in [0.29, 0.717) is 24.7 Å². The standard InChI is InChI=1S/C15H24N2O3/c1-3-12(4-2)17(8-9-18)10-11-6-5-7-13(16)14(11)15(19)20/h5-7,12,18H,3-4,8-10,16H2,1-2H3,(H,19,20). The number of benzene rings is 1. The number of carbonyl (C=O) groups is 1. The summed E-state index contributed by atoms with van der Waals surface area (Å²) in [6.07, 6.45) is 1.92. The SMILES string of the molecule is CCC(CC)N(CCO)Cc1cccc(N)c1C(=O)O. The summed E-state index contributed by atoms with van der Waals surface area (Å²) >= 11 is 0. The second-order valence-electron chi connectivity index (χ2n) is 4.85. The van der Waals surface area contributed by atoms with Crippen LogP contribution in [0.25, 0.3) is 0 Å². The summed E-state index contributed by atoms with van der Waals surface area (Å²) in [5.74, 6) is -1.01. The van der Waals surface area contributed by atoms with Crippen LogP contribution in [0.3, 0.4) is 0 Å². The van der Waals surface area contributed by atoms with Gasteiger partial charge in [0.05, 0.1) is 12.2 Å². The average molecular weight is 280 g/mol. The highest BCUT2D eigenvalue weighted by Gasteiger charge is 2.19. The summed E-state index contributed by atoms with van der Waals surface area (Å²) < 4.78 is 0.